The molecule has 2 fully saturated rings. The largest absolute Gasteiger partial charge is 0.361 e. The summed E-state index contributed by atoms with van der Waals surface area (Å²) in [4.78, 5) is 2.57. The van der Waals surface area contributed by atoms with Crippen molar-refractivity contribution in [3.63, 3.8) is 0 Å². The van der Waals surface area contributed by atoms with Gasteiger partial charge in [-0.15, -0.1) is 0 Å². The van der Waals surface area contributed by atoms with Gasteiger partial charge in [0.1, 0.15) is 0 Å². The number of fused-ring (bicyclic) bond motifs is 1. The van der Waals surface area contributed by atoms with Crippen LogP contribution in [0.15, 0.2) is 42.1 Å². The predicted molar refractivity (Wildman–Crippen MR) is 84.3 cm³/mol. The average Bonchev–Trinajstić information content (AvgIpc) is 3.09. The van der Waals surface area contributed by atoms with Gasteiger partial charge in [-0.25, -0.2) is 0 Å². The molecule has 2 atom stereocenters. The number of hydrogen-bond acceptors (Lipinski definition) is 3. The Morgan fingerprint density at radius 3 is 2.90 bits per heavy atom. The monoisotopic (exact) mass is 269 g/mol. The van der Waals surface area contributed by atoms with E-state index >= 15 is 0 Å². The Balaban J connectivity index is 1.61. The highest BCUT2D eigenvalue weighted by Gasteiger charge is 2.37. The number of rotatable bonds is 5. The molecule has 0 unspecified atom stereocenters. The van der Waals surface area contributed by atoms with Gasteiger partial charge in [-0.2, -0.15) is 0 Å². The molecular formula is C17H23N3. The van der Waals surface area contributed by atoms with Gasteiger partial charge in [0, 0.05) is 30.7 Å². The third kappa shape index (κ3) is 2.93. The van der Waals surface area contributed by atoms with Gasteiger partial charge in [0.25, 0.3) is 0 Å². The lowest BCUT2D eigenvalue weighted by Gasteiger charge is -2.23. The summed E-state index contributed by atoms with van der Waals surface area (Å²) in [5, 5.41) is 10.9. The van der Waals surface area contributed by atoms with E-state index in [1.54, 1.807) is 0 Å². The van der Waals surface area contributed by atoms with Gasteiger partial charge in [0.15, 0.2) is 0 Å². The van der Waals surface area contributed by atoms with Crippen LogP contribution < -0.4 is 5.32 Å². The number of nitrogens with zero attached hydrogens (tertiary/aromatic N) is 1. The van der Waals surface area contributed by atoms with E-state index < -0.39 is 0 Å². The van der Waals surface area contributed by atoms with Crippen LogP contribution in [-0.4, -0.2) is 30.2 Å². The van der Waals surface area contributed by atoms with E-state index in [0.717, 1.165) is 29.8 Å². The van der Waals surface area contributed by atoms with Gasteiger partial charge in [-0.1, -0.05) is 24.6 Å². The molecule has 0 radical (unpaired) electrons. The maximum absolute atomic E-state index is 7.62. The molecule has 20 heavy (non-hydrogen) atoms. The van der Waals surface area contributed by atoms with Gasteiger partial charge < -0.3 is 10.7 Å². The molecule has 2 aliphatic rings. The van der Waals surface area contributed by atoms with Crippen molar-refractivity contribution in [2.45, 2.75) is 31.7 Å². The standard InChI is InChI=1S/C17H23N3/c18-11-14(12-19-16-6-2-1-3-7-16)13-20-10-9-15-5-4-8-17(15)20/h1-3,6-7,11-12,15,17-19H,4-5,8-10,13H2/b14-12+,18-11?/t15-,17-/m1/s1. The van der Waals surface area contributed by atoms with Crippen molar-refractivity contribution < 1.29 is 0 Å². The fraction of sp³-hybridized carbons (Fsp3) is 0.471. The molecule has 1 aromatic rings. The molecule has 0 bridgehead atoms. The number of para-hydroxylation sites is 1. The van der Waals surface area contributed by atoms with E-state index in [-0.39, 0.29) is 0 Å². The second kappa shape index (κ2) is 6.23. The predicted octanol–water partition coefficient (Wildman–Crippen LogP) is 3.51. The molecule has 3 rings (SSSR count). The first-order valence-electron chi connectivity index (χ1n) is 7.62. The number of anilines is 1. The van der Waals surface area contributed by atoms with E-state index in [1.807, 2.05) is 36.5 Å². The highest BCUT2D eigenvalue weighted by molar-refractivity contribution is 5.77. The average molecular weight is 269 g/mol. The van der Waals surface area contributed by atoms with E-state index in [2.05, 4.69) is 10.2 Å². The number of benzene rings is 1. The van der Waals surface area contributed by atoms with Crippen molar-refractivity contribution >= 4 is 11.9 Å². The summed E-state index contributed by atoms with van der Waals surface area (Å²) in [6, 6.07) is 10.9. The van der Waals surface area contributed by atoms with Crippen molar-refractivity contribution in [2.75, 3.05) is 18.4 Å². The fourth-order valence-corrected chi connectivity index (χ4v) is 3.61. The van der Waals surface area contributed by atoms with Gasteiger partial charge in [0.05, 0.1) is 0 Å². The third-order valence-corrected chi connectivity index (χ3v) is 4.64. The Kier molecular flexibility index (Phi) is 4.16. The van der Waals surface area contributed by atoms with E-state index in [1.165, 1.54) is 38.4 Å². The molecule has 2 N–H and O–H groups in total. The Labute approximate surface area is 121 Å². The summed E-state index contributed by atoms with van der Waals surface area (Å²) in [7, 11) is 0. The van der Waals surface area contributed by atoms with Crippen LogP contribution in [0.1, 0.15) is 25.7 Å². The van der Waals surface area contributed by atoms with E-state index in [9.17, 15) is 0 Å². The normalized spacial score (nSPS) is 26.5. The highest BCUT2D eigenvalue weighted by atomic mass is 15.2. The SMILES string of the molecule is N=C/C(=C\Nc1ccccc1)CN1CC[C@H]2CCC[C@H]21. The van der Waals surface area contributed by atoms with Crippen molar-refractivity contribution in [1.29, 1.82) is 5.41 Å². The molecule has 106 valence electrons. The maximum Gasteiger partial charge on any atom is 0.0379 e. The second-order valence-corrected chi connectivity index (χ2v) is 5.89. The zero-order valence-corrected chi connectivity index (χ0v) is 11.9. The van der Waals surface area contributed by atoms with Gasteiger partial charge in [-0.3, -0.25) is 4.90 Å². The van der Waals surface area contributed by atoms with Crippen LogP contribution in [0.5, 0.6) is 0 Å². The molecule has 0 amide bonds. The van der Waals surface area contributed by atoms with Gasteiger partial charge in [-0.05, 0) is 49.4 Å². The Hall–Kier alpha value is -1.61. The lowest BCUT2D eigenvalue weighted by Crippen LogP contribution is -2.32. The van der Waals surface area contributed by atoms with Crippen LogP contribution in [0.4, 0.5) is 5.69 Å². The van der Waals surface area contributed by atoms with Crippen molar-refractivity contribution in [2.24, 2.45) is 5.92 Å². The first-order chi connectivity index (χ1) is 9.86. The lowest BCUT2D eigenvalue weighted by atomic mass is 10.0. The fourth-order valence-electron chi connectivity index (χ4n) is 3.61. The van der Waals surface area contributed by atoms with Crippen LogP contribution in [-0.2, 0) is 0 Å². The molecule has 0 spiro atoms. The summed E-state index contributed by atoms with van der Waals surface area (Å²) < 4.78 is 0. The molecule has 3 heteroatoms. The molecule has 1 aromatic carbocycles. The summed E-state index contributed by atoms with van der Waals surface area (Å²) in [5.41, 5.74) is 2.13. The lowest BCUT2D eigenvalue weighted by molar-refractivity contribution is 0.263. The van der Waals surface area contributed by atoms with Crippen molar-refractivity contribution in [1.82, 2.24) is 4.90 Å². The summed E-state index contributed by atoms with van der Waals surface area (Å²) in [6.07, 6.45) is 8.96. The zero-order valence-electron chi connectivity index (χ0n) is 11.9. The minimum atomic E-state index is 0.773. The first-order valence-corrected chi connectivity index (χ1v) is 7.62. The van der Waals surface area contributed by atoms with Gasteiger partial charge >= 0.3 is 0 Å². The quantitative estimate of drug-likeness (QED) is 0.803. The molecule has 1 aliphatic carbocycles. The summed E-state index contributed by atoms with van der Waals surface area (Å²) in [6.45, 7) is 2.11. The molecule has 1 aliphatic heterocycles. The molecule has 3 nitrogen and oxygen atoms in total. The van der Waals surface area contributed by atoms with Crippen LogP contribution in [0.2, 0.25) is 0 Å². The smallest absolute Gasteiger partial charge is 0.0379 e. The summed E-state index contributed by atoms with van der Waals surface area (Å²) >= 11 is 0. The van der Waals surface area contributed by atoms with Crippen molar-refractivity contribution in [3.8, 4) is 0 Å². The van der Waals surface area contributed by atoms with Gasteiger partial charge in [0.2, 0.25) is 0 Å². The number of likely N-dealkylation sites (tertiary alicyclic amines) is 1. The van der Waals surface area contributed by atoms with Crippen molar-refractivity contribution in [3.05, 3.63) is 42.1 Å². The Morgan fingerprint density at radius 1 is 1.25 bits per heavy atom. The third-order valence-electron chi connectivity index (χ3n) is 4.64. The van der Waals surface area contributed by atoms with Crippen LogP contribution in [0.25, 0.3) is 0 Å². The van der Waals surface area contributed by atoms with Crippen LogP contribution >= 0.6 is 0 Å². The molecule has 1 saturated carbocycles. The van der Waals surface area contributed by atoms with Crippen LogP contribution in [0, 0.1) is 11.3 Å². The number of nitrogens with one attached hydrogen (secondary N) is 2. The first kappa shape index (κ1) is 13.4. The molecule has 1 saturated heterocycles. The van der Waals surface area contributed by atoms with Crippen LogP contribution in [0.3, 0.4) is 0 Å². The molecule has 0 aromatic heterocycles. The highest BCUT2D eigenvalue weighted by Crippen LogP contribution is 2.37. The molecular weight excluding hydrogens is 246 g/mol. The summed E-state index contributed by atoms with van der Waals surface area (Å²) in [5.74, 6) is 0.920. The zero-order chi connectivity index (χ0) is 13.8. The minimum absolute atomic E-state index is 0.773. The topological polar surface area (TPSA) is 39.1 Å². The Bertz CT molecular complexity index is 480. The Morgan fingerprint density at radius 2 is 2.10 bits per heavy atom. The maximum atomic E-state index is 7.62. The molecule has 1 heterocycles. The van der Waals surface area contributed by atoms with E-state index in [0.29, 0.717) is 0 Å². The number of hydrogen-bond donors (Lipinski definition) is 2. The minimum Gasteiger partial charge on any atom is -0.361 e. The van der Waals surface area contributed by atoms with E-state index in [4.69, 9.17) is 5.41 Å². The second-order valence-electron chi connectivity index (χ2n) is 5.89.